The number of carbonyl (C=O) groups excluding carboxylic acids is 1. The van der Waals surface area contributed by atoms with E-state index in [1.165, 1.54) is 0 Å². The van der Waals surface area contributed by atoms with Crippen molar-refractivity contribution in [1.82, 2.24) is 15.2 Å². The number of amides is 1. The maximum atomic E-state index is 12.8. The topological polar surface area (TPSA) is 45.2 Å². The Labute approximate surface area is 124 Å². The van der Waals surface area contributed by atoms with Crippen LogP contribution >= 0.6 is 0 Å². The molecule has 3 atom stereocenters. The molecule has 1 aromatic carbocycles. The van der Waals surface area contributed by atoms with Crippen LogP contribution in [0.1, 0.15) is 17.4 Å². The van der Waals surface area contributed by atoms with E-state index in [4.69, 9.17) is 0 Å². The molecule has 0 saturated carbocycles. The minimum absolute atomic E-state index is 0.0719. The lowest BCUT2D eigenvalue weighted by Gasteiger charge is -2.24. The van der Waals surface area contributed by atoms with Crippen LogP contribution in [0.25, 0.3) is 10.9 Å². The first-order valence-electron chi connectivity index (χ1n) is 7.61. The zero-order chi connectivity index (χ0) is 14.4. The third-order valence-electron chi connectivity index (χ3n) is 5.01. The zero-order valence-electron chi connectivity index (χ0n) is 12.1. The van der Waals surface area contributed by atoms with Crippen molar-refractivity contribution in [2.24, 2.45) is 11.8 Å². The number of benzene rings is 1. The summed E-state index contributed by atoms with van der Waals surface area (Å²) in [5.74, 6) is 1.27. The van der Waals surface area contributed by atoms with E-state index in [1.54, 1.807) is 0 Å². The summed E-state index contributed by atoms with van der Waals surface area (Å²) in [6.07, 6.45) is 0. The molecule has 1 N–H and O–H groups in total. The molecule has 4 rings (SSSR count). The van der Waals surface area contributed by atoms with Crippen LogP contribution in [0.15, 0.2) is 36.4 Å². The molecule has 21 heavy (non-hydrogen) atoms. The van der Waals surface area contributed by atoms with Gasteiger partial charge in [-0.15, -0.1) is 0 Å². The lowest BCUT2D eigenvalue weighted by Crippen LogP contribution is -2.38. The Morgan fingerprint density at radius 3 is 2.95 bits per heavy atom. The van der Waals surface area contributed by atoms with E-state index in [9.17, 15) is 4.79 Å². The molecule has 0 spiro atoms. The van der Waals surface area contributed by atoms with E-state index in [2.05, 4.69) is 17.2 Å². The molecule has 2 aromatic rings. The molecule has 4 nitrogen and oxygen atoms in total. The van der Waals surface area contributed by atoms with Gasteiger partial charge in [-0.05, 0) is 30.9 Å². The number of carbonyl (C=O) groups is 1. The molecule has 2 aliphatic rings. The SMILES string of the molecule is CC1C2CNCC2CN1C(=O)c1ccc2ccccc2n1. The molecule has 1 amide bonds. The lowest BCUT2D eigenvalue weighted by atomic mass is 9.95. The first-order valence-corrected chi connectivity index (χ1v) is 7.61. The Morgan fingerprint density at radius 2 is 2.10 bits per heavy atom. The number of nitrogens with one attached hydrogen (secondary N) is 1. The minimum atomic E-state index is 0.0719. The zero-order valence-corrected chi connectivity index (χ0v) is 12.1. The van der Waals surface area contributed by atoms with Crippen molar-refractivity contribution in [2.75, 3.05) is 19.6 Å². The lowest BCUT2D eigenvalue weighted by molar-refractivity contribution is 0.0723. The fourth-order valence-electron chi connectivity index (χ4n) is 3.77. The summed E-state index contributed by atoms with van der Waals surface area (Å²) in [6.45, 7) is 5.08. The van der Waals surface area contributed by atoms with E-state index in [0.29, 0.717) is 23.6 Å². The first kappa shape index (κ1) is 12.8. The van der Waals surface area contributed by atoms with Crippen LogP contribution in [-0.2, 0) is 0 Å². The number of nitrogens with zero attached hydrogens (tertiary/aromatic N) is 2. The molecule has 2 fully saturated rings. The summed E-state index contributed by atoms with van der Waals surface area (Å²) in [5.41, 5.74) is 1.45. The van der Waals surface area contributed by atoms with Crippen LogP contribution in [0.3, 0.4) is 0 Å². The number of para-hydroxylation sites is 1. The third-order valence-corrected chi connectivity index (χ3v) is 5.01. The third kappa shape index (κ3) is 2.02. The van der Waals surface area contributed by atoms with Gasteiger partial charge in [-0.2, -0.15) is 0 Å². The second-order valence-corrected chi connectivity index (χ2v) is 6.17. The molecular formula is C17H19N3O. The van der Waals surface area contributed by atoms with Crippen molar-refractivity contribution in [1.29, 1.82) is 0 Å². The predicted octanol–water partition coefficient (Wildman–Crippen LogP) is 1.91. The van der Waals surface area contributed by atoms with E-state index < -0.39 is 0 Å². The van der Waals surface area contributed by atoms with E-state index in [1.807, 2.05) is 41.3 Å². The largest absolute Gasteiger partial charge is 0.334 e. The molecule has 4 heteroatoms. The molecule has 3 unspecified atom stereocenters. The van der Waals surface area contributed by atoms with Gasteiger partial charge in [-0.25, -0.2) is 4.98 Å². The second-order valence-electron chi connectivity index (χ2n) is 6.17. The fourth-order valence-corrected chi connectivity index (χ4v) is 3.77. The van der Waals surface area contributed by atoms with Gasteiger partial charge in [0.15, 0.2) is 0 Å². The second kappa shape index (κ2) is 4.81. The Morgan fingerprint density at radius 1 is 1.24 bits per heavy atom. The summed E-state index contributed by atoms with van der Waals surface area (Å²) in [5, 5.41) is 4.50. The van der Waals surface area contributed by atoms with Crippen LogP contribution in [-0.4, -0.2) is 41.5 Å². The Bertz CT molecular complexity index is 699. The number of aromatic nitrogens is 1. The highest BCUT2D eigenvalue weighted by molar-refractivity contribution is 5.95. The standard InChI is InChI=1S/C17H19N3O/c1-11-14-9-18-8-13(14)10-20(11)17(21)16-7-6-12-4-2-3-5-15(12)19-16/h2-7,11,13-14,18H,8-10H2,1H3. The summed E-state index contributed by atoms with van der Waals surface area (Å²) in [7, 11) is 0. The molecule has 108 valence electrons. The molecule has 0 radical (unpaired) electrons. The average molecular weight is 281 g/mol. The Kier molecular flexibility index (Phi) is 2.93. The fraction of sp³-hybridized carbons (Fsp3) is 0.412. The van der Waals surface area contributed by atoms with Gasteiger partial charge in [0.25, 0.3) is 5.91 Å². The highest BCUT2D eigenvalue weighted by atomic mass is 16.2. The van der Waals surface area contributed by atoms with Crippen molar-refractivity contribution >= 4 is 16.8 Å². The predicted molar refractivity (Wildman–Crippen MR) is 82.1 cm³/mol. The van der Waals surface area contributed by atoms with Crippen molar-refractivity contribution in [3.05, 3.63) is 42.1 Å². The van der Waals surface area contributed by atoms with Gasteiger partial charge in [0.1, 0.15) is 5.69 Å². The van der Waals surface area contributed by atoms with Gasteiger partial charge < -0.3 is 10.2 Å². The molecule has 1 aromatic heterocycles. The van der Waals surface area contributed by atoms with Crippen molar-refractivity contribution < 1.29 is 4.79 Å². The molecule has 3 heterocycles. The van der Waals surface area contributed by atoms with Crippen LogP contribution in [0, 0.1) is 11.8 Å². The van der Waals surface area contributed by atoms with Crippen LogP contribution < -0.4 is 5.32 Å². The normalized spacial score (nSPS) is 28.0. The van der Waals surface area contributed by atoms with E-state index in [-0.39, 0.29) is 5.91 Å². The van der Waals surface area contributed by atoms with Crippen LogP contribution in [0.2, 0.25) is 0 Å². The van der Waals surface area contributed by atoms with Crippen molar-refractivity contribution in [3.8, 4) is 0 Å². The summed E-state index contributed by atoms with van der Waals surface area (Å²) in [4.78, 5) is 19.3. The van der Waals surface area contributed by atoms with E-state index in [0.717, 1.165) is 30.5 Å². The number of fused-ring (bicyclic) bond motifs is 2. The Balaban J connectivity index is 1.64. The van der Waals surface area contributed by atoms with Gasteiger partial charge in [0, 0.05) is 31.1 Å². The summed E-state index contributed by atoms with van der Waals surface area (Å²) >= 11 is 0. The quantitative estimate of drug-likeness (QED) is 0.868. The maximum absolute atomic E-state index is 12.8. The van der Waals surface area contributed by atoms with Crippen molar-refractivity contribution in [2.45, 2.75) is 13.0 Å². The Hall–Kier alpha value is -1.94. The number of hydrogen-bond donors (Lipinski definition) is 1. The van der Waals surface area contributed by atoms with Gasteiger partial charge in [0.2, 0.25) is 0 Å². The van der Waals surface area contributed by atoms with Crippen molar-refractivity contribution in [3.63, 3.8) is 0 Å². The van der Waals surface area contributed by atoms with Gasteiger partial charge in [0.05, 0.1) is 5.52 Å². The smallest absolute Gasteiger partial charge is 0.272 e. The molecule has 2 saturated heterocycles. The monoisotopic (exact) mass is 281 g/mol. The average Bonchev–Trinajstić information content (AvgIpc) is 3.09. The van der Waals surface area contributed by atoms with Gasteiger partial charge in [-0.3, -0.25) is 4.79 Å². The minimum Gasteiger partial charge on any atom is -0.334 e. The summed E-state index contributed by atoms with van der Waals surface area (Å²) < 4.78 is 0. The molecule has 0 aliphatic carbocycles. The number of likely N-dealkylation sites (tertiary alicyclic amines) is 1. The molecule has 2 aliphatic heterocycles. The highest BCUT2D eigenvalue weighted by Gasteiger charge is 2.44. The van der Waals surface area contributed by atoms with E-state index >= 15 is 0 Å². The van der Waals surface area contributed by atoms with Crippen LogP contribution in [0.5, 0.6) is 0 Å². The van der Waals surface area contributed by atoms with Crippen LogP contribution in [0.4, 0.5) is 0 Å². The molecular weight excluding hydrogens is 262 g/mol. The molecule has 0 bridgehead atoms. The van der Waals surface area contributed by atoms with Gasteiger partial charge >= 0.3 is 0 Å². The number of hydrogen-bond acceptors (Lipinski definition) is 3. The number of pyridine rings is 1. The highest BCUT2D eigenvalue weighted by Crippen LogP contribution is 2.33. The number of rotatable bonds is 1. The maximum Gasteiger partial charge on any atom is 0.272 e. The first-order chi connectivity index (χ1) is 10.2. The van der Waals surface area contributed by atoms with Gasteiger partial charge in [-0.1, -0.05) is 24.3 Å². The summed E-state index contributed by atoms with van der Waals surface area (Å²) in [6, 6.07) is 12.1.